The fourth-order valence-corrected chi connectivity index (χ4v) is 3.98. The second kappa shape index (κ2) is 8.99. The van der Waals surface area contributed by atoms with Crippen LogP contribution in [0.1, 0.15) is 28.7 Å². The summed E-state index contributed by atoms with van der Waals surface area (Å²) in [5.41, 5.74) is 0.303. The van der Waals surface area contributed by atoms with Gasteiger partial charge in [-0.05, 0) is 30.3 Å². The molecule has 4 rings (SSSR count). The molecule has 0 radical (unpaired) electrons. The van der Waals surface area contributed by atoms with Gasteiger partial charge >= 0.3 is 12.1 Å². The molecule has 6 nitrogen and oxygen atoms in total. The minimum atomic E-state index is -4.54. The molecule has 4 aromatic rings. The van der Waals surface area contributed by atoms with Gasteiger partial charge in [0.15, 0.2) is 5.13 Å². The lowest BCUT2D eigenvalue weighted by Crippen LogP contribution is -2.23. The van der Waals surface area contributed by atoms with Crippen molar-refractivity contribution in [3.8, 4) is 0 Å². The molecule has 2 aromatic heterocycles. The molecule has 0 unspecified atom stereocenters. The van der Waals surface area contributed by atoms with Crippen molar-refractivity contribution in [2.24, 2.45) is 0 Å². The molecule has 0 spiro atoms. The average Bonchev–Trinajstić information content (AvgIpc) is 3.25. The van der Waals surface area contributed by atoms with Crippen molar-refractivity contribution in [1.82, 2.24) is 9.97 Å². The lowest BCUT2D eigenvalue weighted by Gasteiger charge is -2.19. The number of carbonyl (C=O) groups is 2. The van der Waals surface area contributed by atoms with E-state index in [0.717, 1.165) is 33.8 Å². The van der Waals surface area contributed by atoms with Crippen molar-refractivity contribution < 1.29 is 27.5 Å². The van der Waals surface area contributed by atoms with Gasteiger partial charge < -0.3 is 4.74 Å². The summed E-state index contributed by atoms with van der Waals surface area (Å²) in [6.07, 6.45) is -4.54. The van der Waals surface area contributed by atoms with E-state index in [2.05, 4.69) is 9.97 Å². The Hall–Kier alpha value is -3.79. The maximum atomic E-state index is 13.1. The van der Waals surface area contributed by atoms with Crippen LogP contribution < -0.4 is 4.90 Å². The molecule has 10 heteroatoms. The number of carbonyl (C=O) groups excluding carboxylic acids is 2. The van der Waals surface area contributed by atoms with Gasteiger partial charge in [-0.3, -0.25) is 9.69 Å². The highest BCUT2D eigenvalue weighted by Gasteiger charge is 2.31. The molecule has 0 aliphatic heterocycles. The van der Waals surface area contributed by atoms with Crippen molar-refractivity contribution in [2.75, 3.05) is 4.90 Å². The largest absolute Gasteiger partial charge is 0.454 e. The van der Waals surface area contributed by atoms with Crippen LogP contribution in [0.2, 0.25) is 0 Å². The summed E-state index contributed by atoms with van der Waals surface area (Å²) >= 11 is 1.05. The fourth-order valence-electron chi connectivity index (χ4n) is 3.11. The van der Waals surface area contributed by atoms with Crippen molar-refractivity contribution in [2.45, 2.75) is 19.7 Å². The number of benzene rings is 2. The van der Waals surface area contributed by atoms with E-state index >= 15 is 0 Å². The quantitative estimate of drug-likeness (QED) is 0.347. The third-order valence-electron chi connectivity index (χ3n) is 4.64. The van der Waals surface area contributed by atoms with Crippen LogP contribution in [0.4, 0.5) is 24.0 Å². The first-order valence-corrected chi connectivity index (χ1v) is 10.6. The predicted molar refractivity (Wildman–Crippen MR) is 117 cm³/mol. The standard InChI is InChI=1S/C23H16F3N3O3S/c1-14(30)29(18-7-4-6-16(11-18)23(24,25)26)22-27-17(13-33-22)12-32-21(31)20-10-9-15-5-2-3-8-19(15)28-20/h2-11,13H,12H2,1H3. The molecule has 0 saturated heterocycles. The Bertz CT molecular complexity index is 1340. The molecule has 2 aromatic carbocycles. The summed E-state index contributed by atoms with van der Waals surface area (Å²) in [7, 11) is 0. The number of ether oxygens (including phenoxy) is 1. The van der Waals surface area contributed by atoms with Crippen LogP contribution in [0.5, 0.6) is 0 Å². The zero-order chi connectivity index (χ0) is 23.6. The predicted octanol–water partition coefficient (Wildman–Crippen LogP) is 5.75. The third-order valence-corrected chi connectivity index (χ3v) is 5.51. The van der Waals surface area contributed by atoms with Crippen molar-refractivity contribution in [3.05, 3.63) is 83.0 Å². The second-order valence-electron chi connectivity index (χ2n) is 6.99. The highest BCUT2D eigenvalue weighted by Crippen LogP contribution is 2.35. The van der Waals surface area contributed by atoms with Crippen LogP contribution in [-0.2, 0) is 22.3 Å². The van der Waals surface area contributed by atoms with Crippen LogP contribution in [0.15, 0.2) is 66.0 Å². The maximum Gasteiger partial charge on any atom is 0.416 e. The lowest BCUT2D eigenvalue weighted by atomic mass is 10.2. The van der Waals surface area contributed by atoms with Gasteiger partial charge in [0.05, 0.1) is 22.5 Å². The highest BCUT2D eigenvalue weighted by atomic mass is 32.1. The van der Waals surface area contributed by atoms with E-state index in [4.69, 9.17) is 4.74 Å². The van der Waals surface area contributed by atoms with Crippen molar-refractivity contribution in [3.63, 3.8) is 0 Å². The Kier molecular flexibility index (Phi) is 6.10. The smallest absolute Gasteiger partial charge is 0.416 e. The highest BCUT2D eigenvalue weighted by molar-refractivity contribution is 7.14. The summed E-state index contributed by atoms with van der Waals surface area (Å²) in [6, 6.07) is 15.1. The molecular weight excluding hydrogens is 455 g/mol. The van der Waals surface area contributed by atoms with Gasteiger partial charge in [0, 0.05) is 17.7 Å². The number of hydrogen-bond acceptors (Lipinski definition) is 6. The molecular formula is C23H16F3N3O3S. The van der Waals surface area contributed by atoms with Gasteiger partial charge in [0.25, 0.3) is 0 Å². The second-order valence-corrected chi connectivity index (χ2v) is 7.83. The molecule has 1 amide bonds. The number of alkyl halides is 3. The third kappa shape index (κ3) is 5.01. The monoisotopic (exact) mass is 471 g/mol. The van der Waals surface area contributed by atoms with E-state index < -0.39 is 23.6 Å². The molecule has 0 bridgehead atoms. The number of thiazole rings is 1. The molecule has 2 heterocycles. The summed E-state index contributed by atoms with van der Waals surface area (Å²) in [5, 5.41) is 2.62. The SMILES string of the molecule is CC(=O)N(c1cccc(C(F)(F)F)c1)c1nc(COC(=O)c2ccc3ccccc3n2)cs1. The molecule has 0 fully saturated rings. The number of rotatable bonds is 5. The van der Waals surface area contributed by atoms with Crippen LogP contribution >= 0.6 is 11.3 Å². The van der Waals surface area contributed by atoms with E-state index in [1.807, 2.05) is 18.2 Å². The average molecular weight is 471 g/mol. The Morgan fingerprint density at radius 1 is 1.03 bits per heavy atom. The zero-order valence-corrected chi connectivity index (χ0v) is 18.0. The minimum absolute atomic E-state index is 0.0376. The Morgan fingerprint density at radius 2 is 1.82 bits per heavy atom. The number of anilines is 2. The molecule has 33 heavy (non-hydrogen) atoms. The number of esters is 1. The molecule has 0 aliphatic rings. The zero-order valence-electron chi connectivity index (χ0n) is 17.2. The maximum absolute atomic E-state index is 13.1. The number of amides is 1. The Morgan fingerprint density at radius 3 is 2.58 bits per heavy atom. The van der Waals surface area contributed by atoms with Crippen LogP contribution in [0, 0.1) is 0 Å². The number of halogens is 3. The van der Waals surface area contributed by atoms with E-state index in [1.165, 1.54) is 19.1 Å². The molecule has 168 valence electrons. The first kappa shape index (κ1) is 22.4. The number of nitrogens with zero attached hydrogens (tertiary/aromatic N) is 3. The number of pyridine rings is 1. The van der Waals surface area contributed by atoms with E-state index in [-0.39, 0.29) is 23.1 Å². The van der Waals surface area contributed by atoms with Crippen LogP contribution in [-0.4, -0.2) is 21.8 Å². The molecule has 0 saturated carbocycles. The summed E-state index contributed by atoms with van der Waals surface area (Å²) in [5.74, 6) is -1.15. The number of fused-ring (bicyclic) bond motifs is 1. The van der Waals surface area contributed by atoms with Gasteiger partial charge in [-0.25, -0.2) is 14.8 Å². The van der Waals surface area contributed by atoms with Gasteiger partial charge in [-0.15, -0.1) is 11.3 Å². The van der Waals surface area contributed by atoms with Crippen LogP contribution in [0.3, 0.4) is 0 Å². The number of aromatic nitrogens is 2. The molecule has 0 atom stereocenters. The van der Waals surface area contributed by atoms with Crippen molar-refractivity contribution >= 4 is 44.9 Å². The van der Waals surface area contributed by atoms with E-state index in [9.17, 15) is 22.8 Å². The topological polar surface area (TPSA) is 72.4 Å². The van der Waals surface area contributed by atoms with Gasteiger partial charge in [0.1, 0.15) is 12.3 Å². The molecule has 0 N–H and O–H groups in total. The van der Waals surface area contributed by atoms with Gasteiger partial charge in [-0.2, -0.15) is 13.2 Å². The summed E-state index contributed by atoms with van der Waals surface area (Å²) in [4.78, 5) is 34.2. The first-order chi connectivity index (χ1) is 15.7. The van der Waals surface area contributed by atoms with Crippen molar-refractivity contribution in [1.29, 1.82) is 0 Å². The minimum Gasteiger partial charge on any atom is -0.454 e. The summed E-state index contributed by atoms with van der Waals surface area (Å²) < 4.78 is 44.5. The number of hydrogen-bond donors (Lipinski definition) is 0. The first-order valence-electron chi connectivity index (χ1n) is 9.67. The molecule has 0 aliphatic carbocycles. The fraction of sp³-hybridized carbons (Fsp3) is 0.130. The number of para-hydroxylation sites is 1. The van der Waals surface area contributed by atoms with E-state index in [1.54, 1.807) is 23.6 Å². The van der Waals surface area contributed by atoms with Gasteiger partial charge in [0.2, 0.25) is 5.91 Å². The van der Waals surface area contributed by atoms with E-state index in [0.29, 0.717) is 11.2 Å². The summed E-state index contributed by atoms with van der Waals surface area (Å²) in [6.45, 7) is 1.05. The lowest BCUT2D eigenvalue weighted by molar-refractivity contribution is -0.137. The van der Waals surface area contributed by atoms with Gasteiger partial charge in [-0.1, -0.05) is 30.3 Å². The normalized spacial score (nSPS) is 11.4. The Balaban J connectivity index is 1.50. The Labute approximate surface area is 190 Å². The van der Waals surface area contributed by atoms with Crippen LogP contribution in [0.25, 0.3) is 10.9 Å².